The van der Waals surface area contributed by atoms with Gasteiger partial charge in [-0.05, 0) is 72.4 Å². The molecule has 9 heteroatoms. The van der Waals surface area contributed by atoms with Gasteiger partial charge in [0.1, 0.15) is 11.3 Å². The summed E-state index contributed by atoms with van der Waals surface area (Å²) in [7, 11) is 0. The van der Waals surface area contributed by atoms with Crippen molar-refractivity contribution in [2.45, 2.75) is 32.6 Å². The Morgan fingerprint density at radius 2 is 2.03 bits per heavy atom. The molecule has 0 atom stereocenters. The number of rotatable bonds is 6. The predicted molar refractivity (Wildman–Crippen MR) is 114 cm³/mol. The van der Waals surface area contributed by atoms with E-state index in [1.807, 2.05) is 24.3 Å². The molecule has 1 N–H and O–H groups in total. The fourth-order valence-corrected chi connectivity index (χ4v) is 4.70. The van der Waals surface area contributed by atoms with Gasteiger partial charge in [0.25, 0.3) is 0 Å². The van der Waals surface area contributed by atoms with Gasteiger partial charge < -0.3 is 10.1 Å². The normalized spacial score (nSPS) is 13.2. The van der Waals surface area contributed by atoms with Gasteiger partial charge in [0.2, 0.25) is 5.91 Å². The second-order valence-corrected chi connectivity index (χ2v) is 7.91. The third-order valence-corrected chi connectivity index (χ3v) is 6.03. The number of ether oxygens (including phenoxy) is 1. The zero-order valence-electron chi connectivity index (χ0n) is 16.5. The van der Waals surface area contributed by atoms with Gasteiger partial charge in [0.05, 0.1) is 17.9 Å². The number of hydrogen-bond donors (Lipinski definition) is 1. The molecule has 1 aliphatic carbocycles. The molecule has 0 aliphatic heterocycles. The Labute approximate surface area is 177 Å². The summed E-state index contributed by atoms with van der Waals surface area (Å²) in [5, 5.41) is 14.5. The number of aryl methyl sites for hydroxylation is 1. The molecule has 3 aromatic rings. The quantitative estimate of drug-likeness (QED) is 0.482. The summed E-state index contributed by atoms with van der Waals surface area (Å²) in [6.07, 6.45) is 8.62. The summed E-state index contributed by atoms with van der Waals surface area (Å²) < 4.78 is 6.78. The number of carbonyl (C=O) groups excluding carboxylic acids is 2. The summed E-state index contributed by atoms with van der Waals surface area (Å²) in [6.45, 7) is 2.08. The molecule has 1 aliphatic rings. The second kappa shape index (κ2) is 9.00. The zero-order chi connectivity index (χ0) is 20.9. The van der Waals surface area contributed by atoms with Crippen molar-refractivity contribution in [1.29, 1.82) is 0 Å². The number of esters is 1. The highest BCUT2D eigenvalue weighted by atomic mass is 32.1. The van der Waals surface area contributed by atoms with E-state index >= 15 is 0 Å². The topological polar surface area (TPSA) is 99.0 Å². The average Bonchev–Trinajstić information content (AvgIpc) is 3.40. The maximum absolute atomic E-state index is 12.5. The number of tetrazole rings is 1. The van der Waals surface area contributed by atoms with Crippen LogP contribution in [0.5, 0.6) is 0 Å². The van der Waals surface area contributed by atoms with Gasteiger partial charge in [0, 0.05) is 11.0 Å². The van der Waals surface area contributed by atoms with Gasteiger partial charge in [-0.1, -0.05) is 12.1 Å². The van der Waals surface area contributed by atoms with E-state index in [-0.39, 0.29) is 11.9 Å². The molecule has 2 aromatic heterocycles. The number of nitrogens with zero attached hydrogens (tertiary/aromatic N) is 4. The lowest BCUT2D eigenvalue weighted by Gasteiger charge is -2.12. The number of anilines is 1. The van der Waals surface area contributed by atoms with Crippen LogP contribution in [-0.2, 0) is 22.4 Å². The number of aromatic nitrogens is 4. The molecule has 1 aromatic carbocycles. The fraction of sp³-hybridized carbons (Fsp3) is 0.286. The van der Waals surface area contributed by atoms with E-state index < -0.39 is 0 Å². The molecule has 0 fully saturated rings. The molecule has 154 valence electrons. The van der Waals surface area contributed by atoms with Crippen LogP contribution >= 0.6 is 11.3 Å². The van der Waals surface area contributed by atoms with E-state index in [2.05, 4.69) is 20.8 Å². The maximum atomic E-state index is 12.5. The first-order valence-corrected chi connectivity index (χ1v) is 10.6. The minimum atomic E-state index is -0.366. The Kier molecular flexibility index (Phi) is 5.99. The van der Waals surface area contributed by atoms with Crippen LogP contribution in [0.25, 0.3) is 11.8 Å². The third-order valence-electron chi connectivity index (χ3n) is 4.82. The lowest BCUT2D eigenvalue weighted by atomic mass is 9.95. The van der Waals surface area contributed by atoms with Crippen molar-refractivity contribution >= 4 is 34.3 Å². The minimum absolute atomic E-state index is 0.288. The number of hydrogen-bond acceptors (Lipinski definition) is 7. The molecule has 8 nitrogen and oxygen atoms in total. The summed E-state index contributed by atoms with van der Waals surface area (Å²) in [5.41, 5.74) is 3.23. The van der Waals surface area contributed by atoms with E-state index in [0.29, 0.717) is 17.2 Å². The van der Waals surface area contributed by atoms with Crippen molar-refractivity contribution in [3.8, 4) is 5.69 Å². The number of fused-ring (bicyclic) bond motifs is 1. The Morgan fingerprint density at radius 1 is 1.23 bits per heavy atom. The van der Waals surface area contributed by atoms with Gasteiger partial charge in [0.15, 0.2) is 0 Å². The second-order valence-electron chi connectivity index (χ2n) is 6.80. The molecular formula is C21H21N5O3S. The SMILES string of the molecule is CCOC(=O)c1c(NC(=O)/C=C/c2ccc(-n3cnnn3)cc2)sc2c1CCCC2. The number of thiophene rings is 1. The molecular weight excluding hydrogens is 402 g/mol. The zero-order valence-corrected chi connectivity index (χ0v) is 17.3. The van der Waals surface area contributed by atoms with Crippen LogP contribution in [0.15, 0.2) is 36.7 Å². The van der Waals surface area contributed by atoms with Crippen LogP contribution in [0, 0.1) is 0 Å². The van der Waals surface area contributed by atoms with Crippen molar-refractivity contribution in [2.24, 2.45) is 0 Å². The first kappa shape index (κ1) is 20.0. The van der Waals surface area contributed by atoms with Crippen LogP contribution in [0.2, 0.25) is 0 Å². The molecule has 30 heavy (non-hydrogen) atoms. The van der Waals surface area contributed by atoms with Crippen molar-refractivity contribution in [1.82, 2.24) is 20.2 Å². The lowest BCUT2D eigenvalue weighted by Crippen LogP contribution is -2.14. The third kappa shape index (κ3) is 4.30. The predicted octanol–water partition coefficient (Wildman–Crippen LogP) is 3.43. The minimum Gasteiger partial charge on any atom is -0.462 e. The van der Waals surface area contributed by atoms with Crippen LogP contribution in [-0.4, -0.2) is 38.7 Å². The van der Waals surface area contributed by atoms with Crippen molar-refractivity contribution < 1.29 is 14.3 Å². The maximum Gasteiger partial charge on any atom is 0.341 e. The Balaban J connectivity index is 1.48. The molecule has 0 radical (unpaired) electrons. The smallest absolute Gasteiger partial charge is 0.341 e. The van der Waals surface area contributed by atoms with Crippen molar-refractivity contribution in [2.75, 3.05) is 11.9 Å². The highest BCUT2D eigenvalue weighted by Crippen LogP contribution is 2.38. The number of nitrogens with one attached hydrogen (secondary N) is 1. The first-order valence-electron chi connectivity index (χ1n) is 9.80. The average molecular weight is 423 g/mol. The van der Waals surface area contributed by atoms with Gasteiger partial charge in [-0.25, -0.2) is 9.48 Å². The number of carbonyl (C=O) groups is 2. The Bertz CT molecular complexity index is 1070. The molecule has 1 amide bonds. The van der Waals surface area contributed by atoms with E-state index in [9.17, 15) is 9.59 Å². The molecule has 0 spiro atoms. The summed E-state index contributed by atoms with van der Waals surface area (Å²) in [6, 6.07) is 7.46. The highest BCUT2D eigenvalue weighted by Gasteiger charge is 2.26. The van der Waals surface area contributed by atoms with Crippen LogP contribution in [0.4, 0.5) is 5.00 Å². The van der Waals surface area contributed by atoms with E-state index in [1.165, 1.54) is 28.6 Å². The monoisotopic (exact) mass is 423 g/mol. The first-order chi connectivity index (χ1) is 14.7. The molecule has 0 saturated carbocycles. The highest BCUT2D eigenvalue weighted by molar-refractivity contribution is 7.17. The lowest BCUT2D eigenvalue weighted by molar-refractivity contribution is -0.111. The van der Waals surface area contributed by atoms with E-state index in [0.717, 1.165) is 42.5 Å². The molecule has 2 heterocycles. The van der Waals surface area contributed by atoms with Crippen LogP contribution in [0.3, 0.4) is 0 Å². The standard InChI is InChI=1S/C21H21N5O3S/c1-2-29-21(28)19-16-5-3-4-6-17(16)30-20(19)23-18(27)12-9-14-7-10-15(11-8-14)26-13-22-24-25-26/h7-13H,2-6H2,1H3,(H,23,27)/b12-9+. The Morgan fingerprint density at radius 3 is 2.77 bits per heavy atom. The van der Waals surface area contributed by atoms with E-state index in [4.69, 9.17) is 4.74 Å². The van der Waals surface area contributed by atoms with E-state index in [1.54, 1.807) is 17.7 Å². The van der Waals surface area contributed by atoms with Crippen molar-refractivity contribution in [3.05, 3.63) is 58.2 Å². The largest absolute Gasteiger partial charge is 0.462 e. The summed E-state index contributed by atoms with van der Waals surface area (Å²) in [5.74, 6) is -0.655. The van der Waals surface area contributed by atoms with Crippen LogP contribution < -0.4 is 5.32 Å². The summed E-state index contributed by atoms with van der Waals surface area (Å²) in [4.78, 5) is 26.2. The molecule has 4 rings (SSSR count). The van der Waals surface area contributed by atoms with Gasteiger partial charge in [-0.3, -0.25) is 4.79 Å². The fourth-order valence-electron chi connectivity index (χ4n) is 3.42. The van der Waals surface area contributed by atoms with Gasteiger partial charge >= 0.3 is 5.97 Å². The van der Waals surface area contributed by atoms with Gasteiger partial charge in [-0.15, -0.1) is 16.4 Å². The Hall–Kier alpha value is -3.33. The van der Waals surface area contributed by atoms with Crippen LogP contribution in [0.1, 0.15) is 46.1 Å². The molecule has 0 unspecified atom stereocenters. The number of amides is 1. The molecule has 0 bridgehead atoms. The number of benzene rings is 1. The van der Waals surface area contributed by atoms with Crippen molar-refractivity contribution in [3.63, 3.8) is 0 Å². The summed E-state index contributed by atoms with van der Waals surface area (Å²) >= 11 is 1.48. The van der Waals surface area contributed by atoms with Gasteiger partial charge in [-0.2, -0.15) is 0 Å². The molecule has 0 saturated heterocycles.